The van der Waals surface area contributed by atoms with E-state index in [1.807, 2.05) is 0 Å². The highest BCUT2D eigenvalue weighted by molar-refractivity contribution is 8.00. The predicted molar refractivity (Wildman–Crippen MR) is 76.9 cm³/mol. The summed E-state index contributed by atoms with van der Waals surface area (Å²) in [5.41, 5.74) is 1.02. The van der Waals surface area contributed by atoms with Gasteiger partial charge < -0.3 is 5.11 Å². The Morgan fingerprint density at radius 2 is 2.00 bits per heavy atom. The lowest BCUT2D eigenvalue weighted by Crippen LogP contribution is -2.31. The van der Waals surface area contributed by atoms with E-state index in [0.29, 0.717) is 17.0 Å². The van der Waals surface area contributed by atoms with Crippen LogP contribution in [0.2, 0.25) is 0 Å². The molecule has 0 aromatic heterocycles. The van der Waals surface area contributed by atoms with E-state index < -0.39 is 5.25 Å². The van der Waals surface area contributed by atoms with Gasteiger partial charge in [0, 0.05) is 17.7 Å². The van der Waals surface area contributed by atoms with Gasteiger partial charge in [-0.1, -0.05) is 0 Å². The third-order valence-electron chi connectivity index (χ3n) is 3.05. The average molecular weight is 293 g/mol. The first-order chi connectivity index (χ1) is 9.54. The quantitative estimate of drug-likeness (QED) is 0.653. The molecule has 1 aromatic rings. The van der Waals surface area contributed by atoms with E-state index in [0.717, 1.165) is 4.90 Å². The van der Waals surface area contributed by atoms with E-state index in [1.165, 1.54) is 18.7 Å². The maximum Gasteiger partial charge on any atom is 0.247 e. The number of amides is 2. The Labute approximate surface area is 121 Å². The van der Waals surface area contributed by atoms with Crippen LogP contribution in [0.25, 0.3) is 0 Å². The Kier molecular flexibility index (Phi) is 4.57. The van der Waals surface area contributed by atoms with Crippen molar-refractivity contribution in [2.75, 3.05) is 17.3 Å². The molecule has 1 aliphatic rings. The number of anilines is 1. The molecule has 1 aliphatic heterocycles. The van der Waals surface area contributed by atoms with E-state index in [2.05, 4.69) is 0 Å². The number of aliphatic hydroxyl groups excluding tert-OH is 1. The lowest BCUT2D eigenvalue weighted by atomic mass is 10.1. The second-order valence-corrected chi connectivity index (χ2v) is 5.77. The monoisotopic (exact) mass is 293 g/mol. The van der Waals surface area contributed by atoms with Crippen LogP contribution in [0.1, 0.15) is 23.7 Å². The summed E-state index contributed by atoms with van der Waals surface area (Å²) in [5, 5.41) is 8.35. The smallest absolute Gasteiger partial charge is 0.247 e. The van der Waals surface area contributed by atoms with E-state index in [1.54, 1.807) is 24.3 Å². The van der Waals surface area contributed by atoms with E-state index >= 15 is 0 Å². The normalized spacial score (nSPS) is 18.7. The van der Waals surface area contributed by atoms with Gasteiger partial charge in [-0.25, -0.2) is 4.90 Å². The van der Waals surface area contributed by atoms with Gasteiger partial charge in [0.05, 0.1) is 17.5 Å². The highest BCUT2D eigenvalue weighted by Gasteiger charge is 2.39. The minimum atomic E-state index is -0.429. The van der Waals surface area contributed by atoms with Crippen molar-refractivity contribution in [3.63, 3.8) is 0 Å². The molecule has 1 aromatic carbocycles. The molecular formula is C14H15NO4S. The van der Waals surface area contributed by atoms with Crippen LogP contribution in [0.5, 0.6) is 0 Å². The molecule has 6 heteroatoms. The highest BCUT2D eigenvalue weighted by Crippen LogP contribution is 2.29. The molecule has 5 nitrogen and oxygen atoms in total. The maximum atomic E-state index is 12.2. The SMILES string of the molecule is CC(=O)c1ccc(N2C(=O)CC(SCCO)C2=O)cc1. The van der Waals surface area contributed by atoms with E-state index in [4.69, 9.17) is 5.11 Å². The van der Waals surface area contributed by atoms with Gasteiger partial charge in [-0.05, 0) is 31.2 Å². The summed E-state index contributed by atoms with van der Waals surface area (Å²) < 4.78 is 0. The molecule has 2 amide bonds. The molecule has 106 valence electrons. The number of aliphatic hydroxyl groups is 1. The van der Waals surface area contributed by atoms with Gasteiger partial charge in [0.1, 0.15) is 0 Å². The molecule has 0 spiro atoms. The van der Waals surface area contributed by atoms with Crippen molar-refractivity contribution >= 4 is 35.0 Å². The summed E-state index contributed by atoms with van der Waals surface area (Å²) in [6, 6.07) is 6.41. The van der Waals surface area contributed by atoms with Crippen LogP contribution >= 0.6 is 11.8 Å². The number of Topliss-reactive ketones (excluding diaryl/α,β-unsaturated/α-hetero) is 1. The number of rotatable bonds is 5. The van der Waals surface area contributed by atoms with Crippen molar-refractivity contribution in [2.24, 2.45) is 0 Å². The maximum absolute atomic E-state index is 12.2. The van der Waals surface area contributed by atoms with E-state index in [-0.39, 0.29) is 30.6 Å². The molecule has 1 heterocycles. The van der Waals surface area contributed by atoms with Crippen molar-refractivity contribution in [3.05, 3.63) is 29.8 Å². The minimum Gasteiger partial charge on any atom is -0.396 e. The van der Waals surface area contributed by atoms with Crippen LogP contribution in [0, 0.1) is 0 Å². The summed E-state index contributed by atoms with van der Waals surface area (Å²) in [7, 11) is 0. The molecule has 1 atom stereocenters. The number of nitrogens with zero attached hydrogens (tertiary/aromatic N) is 1. The molecule has 0 saturated carbocycles. The van der Waals surface area contributed by atoms with Gasteiger partial charge >= 0.3 is 0 Å². The van der Waals surface area contributed by atoms with Crippen LogP contribution in [-0.2, 0) is 9.59 Å². The first-order valence-electron chi connectivity index (χ1n) is 6.25. The summed E-state index contributed by atoms with van der Waals surface area (Å²) in [5.74, 6) is -0.141. The van der Waals surface area contributed by atoms with Gasteiger partial charge in [-0.3, -0.25) is 14.4 Å². The zero-order valence-corrected chi connectivity index (χ0v) is 11.9. The van der Waals surface area contributed by atoms with Gasteiger partial charge in [-0.2, -0.15) is 0 Å². The summed E-state index contributed by atoms with van der Waals surface area (Å²) in [6.07, 6.45) is 0.151. The van der Waals surface area contributed by atoms with Crippen molar-refractivity contribution in [3.8, 4) is 0 Å². The standard InChI is InChI=1S/C14H15NO4S/c1-9(17)10-2-4-11(5-3-10)15-13(18)8-12(14(15)19)20-7-6-16/h2-5,12,16H,6-8H2,1H3. The van der Waals surface area contributed by atoms with Gasteiger partial charge in [-0.15, -0.1) is 11.8 Å². The largest absolute Gasteiger partial charge is 0.396 e. The Morgan fingerprint density at radius 1 is 1.35 bits per heavy atom. The fourth-order valence-corrected chi connectivity index (χ4v) is 2.94. The number of carbonyl (C=O) groups excluding carboxylic acids is 3. The van der Waals surface area contributed by atoms with Crippen molar-refractivity contribution in [1.82, 2.24) is 0 Å². The van der Waals surface area contributed by atoms with Gasteiger partial charge in [0.15, 0.2) is 5.78 Å². The van der Waals surface area contributed by atoms with Crippen LogP contribution in [0.15, 0.2) is 24.3 Å². The lowest BCUT2D eigenvalue weighted by Gasteiger charge is -2.15. The predicted octanol–water partition coefficient (Wildman–Crippen LogP) is 1.25. The second-order valence-electron chi connectivity index (χ2n) is 4.46. The number of hydrogen-bond donors (Lipinski definition) is 1. The number of imide groups is 1. The third-order valence-corrected chi connectivity index (χ3v) is 4.24. The van der Waals surface area contributed by atoms with Crippen molar-refractivity contribution in [1.29, 1.82) is 0 Å². The first-order valence-corrected chi connectivity index (χ1v) is 7.29. The zero-order valence-electron chi connectivity index (χ0n) is 11.0. The Hall–Kier alpha value is -1.66. The van der Waals surface area contributed by atoms with Crippen LogP contribution < -0.4 is 4.90 Å². The number of carbonyl (C=O) groups is 3. The molecule has 1 N–H and O–H groups in total. The first kappa shape index (κ1) is 14.7. The molecule has 20 heavy (non-hydrogen) atoms. The fourth-order valence-electron chi connectivity index (χ4n) is 2.05. The Balaban J connectivity index is 2.17. The van der Waals surface area contributed by atoms with Crippen LogP contribution in [0.3, 0.4) is 0 Å². The number of ketones is 1. The number of hydrogen-bond acceptors (Lipinski definition) is 5. The highest BCUT2D eigenvalue weighted by atomic mass is 32.2. The zero-order chi connectivity index (χ0) is 14.7. The summed E-state index contributed by atoms with van der Waals surface area (Å²) in [4.78, 5) is 36.5. The van der Waals surface area contributed by atoms with Crippen molar-refractivity contribution < 1.29 is 19.5 Å². The third kappa shape index (κ3) is 2.91. The fraction of sp³-hybridized carbons (Fsp3) is 0.357. The van der Waals surface area contributed by atoms with Gasteiger partial charge in [0.25, 0.3) is 0 Å². The molecule has 2 rings (SSSR count). The molecule has 1 unspecified atom stereocenters. The van der Waals surface area contributed by atoms with Crippen LogP contribution in [-0.4, -0.2) is 40.3 Å². The summed E-state index contributed by atoms with van der Waals surface area (Å²) in [6.45, 7) is 1.44. The molecule has 1 fully saturated rings. The Morgan fingerprint density at radius 3 is 2.55 bits per heavy atom. The number of benzene rings is 1. The topological polar surface area (TPSA) is 74.7 Å². The Bertz CT molecular complexity index is 541. The average Bonchev–Trinajstić information content (AvgIpc) is 2.71. The summed E-state index contributed by atoms with van der Waals surface area (Å²) >= 11 is 1.29. The second kappa shape index (κ2) is 6.19. The molecule has 1 saturated heterocycles. The molecule has 0 bridgehead atoms. The number of thioether (sulfide) groups is 1. The molecule has 0 radical (unpaired) electrons. The van der Waals surface area contributed by atoms with Crippen molar-refractivity contribution in [2.45, 2.75) is 18.6 Å². The lowest BCUT2D eigenvalue weighted by molar-refractivity contribution is -0.121. The van der Waals surface area contributed by atoms with E-state index in [9.17, 15) is 14.4 Å². The minimum absolute atomic E-state index is 0.0179. The van der Waals surface area contributed by atoms with Crippen LogP contribution in [0.4, 0.5) is 5.69 Å². The van der Waals surface area contributed by atoms with Gasteiger partial charge in [0.2, 0.25) is 11.8 Å². The molecular weight excluding hydrogens is 278 g/mol. The molecule has 0 aliphatic carbocycles.